The summed E-state index contributed by atoms with van der Waals surface area (Å²) in [4.78, 5) is 53.7. The van der Waals surface area contributed by atoms with E-state index in [-0.39, 0.29) is 23.5 Å². The normalized spacial score (nSPS) is 10.1. The molecule has 45 heavy (non-hydrogen) atoms. The van der Waals surface area contributed by atoms with Crippen molar-refractivity contribution >= 4 is 80.2 Å². The third kappa shape index (κ3) is 10.2. The molecule has 3 heterocycles. The van der Waals surface area contributed by atoms with Crippen LogP contribution in [0, 0.1) is 34.6 Å². The summed E-state index contributed by atoms with van der Waals surface area (Å²) >= 11 is 4.25. The minimum Gasteiger partial charge on any atom is -0.504 e. The van der Waals surface area contributed by atoms with Crippen molar-refractivity contribution in [1.82, 2.24) is 14.7 Å². The van der Waals surface area contributed by atoms with Crippen LogP contribution in [0.25, 0.3) is 0 Å². The number of rotatable bonds is 5. The number of nitrogens with zero attached hydrogens (tertiary/aromatic N) is 5. The highest BCUT2D eigenvalue weighted by Gasteiger charge is 2.21. The van der Waals surface area contributed by atoms with Gasteiger partial charge < -0.3 is 25.5 Å². The van der Waals surface area contributed by atoms with Crippen molar-refractivity contribution in [2.24, 2.45) is 9.98 Å². The second-order valence-electron chi connectivity index (χ2n) is 11.4. The summed E-state index contributed by atoms with van der Waals surface area (Å²) in [5.74, 6) is -0.204. The summed E-state index contributed by atoms with van der Waals surface area (Å²) in [7, 11) is 10.3. The van der Waals surface area contributed by atoms with E-state index in [1.54, 1.807) is 59.0 Å². The maximum absolute atomic E-state index is 11.9. The number of carbonyl (C=O) groups is 3. The molecule has 3 aromatic heterocycles. The number of aryl methyl sites for hydroxylation is 3. The van der Waals surface area contributed by atoms with Crippen LogP contribution in [0.5, 0.6) is 5.75 Å². The highest BCUT2D eigenvalue weighted by atomic mass is 32.1. The molecule has 3 rings (SSSR count). The number of nitrogen functional groups attached to an aromatic ring is 1. The van der Waals surface area contributed by atoms with Gasteiger partial charge in [-0.25, -0.2) is 0 Å². The van der Waals surface area contributed by atoms with Crippen LogP contribution < -0.4 is 5.73 Å². The maximum Gasteiger partial charge on any atom is 0.267 e. The molecule has 0 saturated carbocycles. The Kier molecular flexibility index (Phi) is 14.6. The molecule has 3 aromatic rings. The van der Waals surface area contributed by atoms with E-state index < -0.39 is 0 Å². The molecular formula is C32H48N6O4S3. The van der Waals surface area contributed by atoms with E-state index in [1.165, 1.54) is 38.9 Å². The molecule has 3 amide bonds. The summed E-state index contributed by atoms with van der Waals surface area (Å²) < 4.78 is 0. The van der Waals surface area contributed by atoms with Gasteiger partial charge in [-0.1, -0.05) is 0 Å². The molecular weight excluding hydrogens is 629 g/mol. The number of anilines is 1. The maximum atomic E-state index is 11.9. The van der Waals surface area contributed by atoms with E-state index >= 15 is 0 Å². The van der Waals surface area contributed by atoms with Crippen molar-refractivity contribution in [2.75, 3.05) is 48.0 Å². The lowest BCUT2D eigenvalue weighted by atomic mass is 10.2. The summed E-state index contributed by atoms with van der Waals surface area (Å²) in [6, 6.07) is 0. The molecule has 0 saturated heterocycles. The third-order valence-electron chi connectivity index (χ3n) is 6.15. The van der Waals surface area contributed by atoms with Gasteiger partial charge >= 0.3 is 0 Å². The molecule has 248 valence electrons. The lowest BCUT2D eigenvalue weighted by Gasteiger charge is -2.08. The fraction of sp³-hybridized carbons (Fsp3) is 0.469. The molecule has 0 fully saturated rings. The van der Waals surface area contributed by atoms with Gasteiger partial charge in [0.15, 0.2) is 5.75 Å². The van der Waals surface area contributed by atoms with Crippen LogP contribution >= 0.6 is 34.0 Å². The van der Waals surface area contributed by atoms with E-state index in [1.807, 2.05) is 55.4 Å². The second kappa shape index (κ2) is 16.7. The highest BCUT2D eigenvalue weighted by Crippen LogP contribution is 2.37. The summed E-state index contributed by atoms with van der Waals surface area (Å²) in [5.41, 5.74) is 11.7. The van der Waals surface area contributed by atoms with E-state index in [0.29, 0.717) is 10.6 Å². The van der Waals surface area contributed by atoms with Crippen molar-refractivity contribution in [3.63, 3.8) is 0 Å². The Hall–Kier alpha value is -3.55. The third-order valence-corrected chi connectivity index (χ3v) is 9.61. The lowest BCUT2D eigenvalue weighted by molar-refractivity contribution is 0.0822. The Morgan fingerprint density at radius 3 is 1.11 bits per heavy atom. The summed E-state index contributed by atoms with van der Waals surface area (Å²) in [6.45, 7) is 17.6. The minimum absolute atomic E-state index is 0.0563. The molecule has 10 nitrogen and oxygen atoms in total. The molecule has 0 aromatic carbocycles. The van der Waals surface area contributed by atoms with Crippen LogP contribution in [0.1, 0.15) is 82.5 Å². The first-order valence-corrected chi connectivity index (χ1v) is 16.5. The van der Waals surface area contributed by atoms with Crippen LogP contribution in [0.4, 0.5) is 17.1 Å². The second-order valence-corrected chi connectivity index (χ2v) is 15.1. The number of aliphatic imine (C=N–C) groups is 2. The van der Waals surface area contributed by atoms with Gasteiger partial charge in [-0.15, -0.1) is 34.0 Å². The Bertz CT molecular complexity index is 1510. The van der Waals surface area contributed by atoms with Gasteiger partial charge in [0.1, 0.15) is 4.88 Å². The van der Waals surface area contributed by atoms with Crippen molar-refractivity contribution in [1.29, 1.82) is 0 Å². The monoisotopic (exact) mass is 676 g/mol. The van der Waals surface area contributed by atoms with Crippen molar-refractivity contribution in [3.8, 4) is 5.75 Å². The van der Waals surface area contributed by atoms with Crippen molar-refractivity contribution < 1.29 is 19.5 Å². The Morgan fingerprint density at radius 2 is 0.867 bits per heavy atom. The fourth-order valence-corrected chi connectivity index (χ4v) is 7.01. The Balaban J connectivity index is 0.000000340. The first kappa shape index (κ1) is 39.5. The average Bonchev–Trinajstić information content (AvgIpc) is 3.48. The molecule has 0 aliphatic heterocycles. The molecule has 13 heteroatoms. The molecule has 0 radical (unpaired) electrons. The van der Waals surface area contributed by atoms with Gasteiger partial charge in [0.25, 0.3) is 17.7 Å². The predicted octanol–water partition coefficient (Wildman–Crippen LogP) is 7.40. The van der Waals surface area contributed by atoms with E-state index in [9.17, 15) is 19.5 Å². The largest absolute Gasteiger partial charge is 0.504 e. The van der Waals surface area contributed by atoms with Crippen LogP contribution in [0.15, 0.2) is 9.98 Å². The Morgan fingerprint density at radius 1 is 0.578 bits per heavy atom. The number of carbonyl (C=O) groups excluding carboxylic acids is 3. The van der Waals surface area contributed by atoms with Crippen LogP contribution in [-0.4, -0.2) is 91.2 Å². The number of hydrogen-bond donors (Lipinski definition) is 2. The standard InChI is InChI=1S/2C12H18N2OS.C8H12N2O2S/c2*1-7(2)13-10-8(3)11(16-9(10)4)12(15)14(5)6;1-4-5(9)6(11)7(13-4)8(12)10(2)3/h2*1-6H3;11H,9H2,1-3H3. The van der Waals surface area contributed by atoms with Crippen LogP contribution in [0.3, 0.4) is 0 Å². The van der Waals surface area contributed by atoms with Gasteiger partial charge in [-0.2, -0.15) is 0 Å². The molecule has 0 spiro atoms. The molecule has 0 unspecified atom stereocenters. The predicted molar refractivity (Wildman–Crippen MR) is 194 cm³/mol. The van der Waals surface area contributed by atoms with E-state index in [2.05, 4.69) is 9.98 Å². The molecule has 0 bridgehead atoms. The van der Waals surface area contributed by atoms with Crippen LogP contribution in [-0.2, 0) is 0 Å². The summed E-state index contributed by atoms with van der Waals surface area (Å²) in [6.07, 6.45) is 0. The smallest absolute Gasteiger partial charge is 0.267 e. The number of amides is 3. The summed E-state index contributed by atoms with van der Waals surface area (Å²) in [5, 5.41) is 9.48. The molecule has 3 N–H and O–H groups in total. The fourth-order valence-electron chi connectivity index (χ4n) is 3.78. The quantitative estimate of drug-likeness (QED) is 0.272. The van der Waals surface area contributed by atoms with Gasteiger partial charge in [0.05, 0.1) is 26.8 Å². The van der Waals surface area contributed by atoms with Gasteiger partial charge in [-0.05, 0) is 73.4 Å². The van der Waals surface area contributed by atoms with Gasteiger partial charge in [0, 0.05) is 68.3 Å². The van der Waals surface area contributed by atoms with E-state index in [4.69, 9.17) is 5.73 Å². The zero-order valence-electron chi connectivity index (χ0n) is 29.2. The first-order valence-electron chi connectivity index (χ1n) is 14.1. The zero-order valence-corrected chi connectivity index (χ0v) is 31.7. The number of thiophene rings is 3. The van der Waals surface area contributed by atoms with E-state index in [0.717, 1.165) is 58.3 Å². The molecule has 0 aliphatic carbocycles. The number of nitrogens with two attached hydrogens (primary N) is 1. The average molecular weight is 677 g/mol. The minimum atomic E-state index is -0.220. The number of hydrogen-bond acceptors (Lipinski definition) is 10. The van der Waals surface area contributed by atoms with Crippen molar-refractivity contribution in [3.05, 3.63) is 40.4 Å². The molecule has 0 atom stereocenters. The SMILES string of the molecule is CC(C)=Nc1c(C)sc(C(=O)N(C)C)c1C.CC(C)=Nc1c(C)sc(C(=O)N(C)C)c1C.Cc1sc(C(=O)N(C)C)c(O)c1N. The van der Waals surface area contributed by atoms with Gasteiger partial charge in [-0.3, -0.25) is 24.4 Å². The topological polar surface area (TPSA) is 132 Å². The Labute approximate surface area is 279 Å². The first-order chi connectivity index (χ1) is 20.6. The van der Waals surface area contributed by atoms with Crippen molar-refractivity contribution in [2.45, 2.75) is 62.3 Å². The lowest BCUT2D eigenvalue weighted by Crippen LogP contribution is -2.21. The highest BCUT2D eigenvalue weighted by molar-refractivity contribution is 7.15. The van der Waals surface area contributed by atoms with Gasteiger partial charge in [0.2, 0.25) is 0 Å². The zero-order chi connectivity index (χ0) is 35.1. The number of aromatic hydroxyl groups is 1. The van der Waals surface area contributed by atoms with Crippen LogP contribution in [0.2, 0.25) is 0 Å². The molecule has 0 aliphatic rings.